The van der Waals surface area contributed by atoms with Crippen molar-refractivity contribution in [3.05, 3.63) is 30.1 Å². The smallest absolute Gasteiger partial charge is 0.301 e. The van der Waals surface area contributed by atoms with Gasteiger partial charge in [0, 0.05) is 6.20 Å². The van der Waals surface area contributed by atoms with Crippen molar-refractivity contribution in [3.8, 4) is 0 Å². The predicted molar refractivity (Wildman–Crippen MR) is 40.3 cm³/mol. The van der Waals surface area contributed by atoms with Gasteiger partial charge in [-0.15, -0.1) is 0 Å². The maximum Gasteiger partial charge on any atom is 0.425 e. The average molecular weight is 191 g/mol. The Kier molecular flexibility index (Phi) is 2.27. The van der Waals surface area contributed by atoms with Crippen LogP contribution in [0.2, 0.25) is 0 Å². The van der Waals surface area contributed by atoms with Gasteiger partial charge in [0.1, 0.15) is 0 Å². The second-order valence-electron chi connectivity index (χ2n) is 2.58. The molecule has 1 rings (SSSR count). The summed E-state index contributed by atoms with van der Waals surface area (Å²) in [6.07, 6.45) is -3.50. The first-order chi connectivity index (χ1) is 5.86. The zero-order valence-electron chi connectivity index (χ0n) is 6.55. The van der Waals surface area contributed by atoms with Crippen LogP contribution >= 0.6 is 0 Å². The summed E-state index contributed by atoms with van der Waals surface area (Å²) in [5, 5.41) is 0. The van der Waals surface area contributed by atoms with Crippen LogP contribution in [0, 0.1) is 0 Å². The molecular formula is C7H8F3N3. The number of hydrogen-bond donors (Lipinski definition) is 2. The highest BCUT2D eigenvalue weighted by Gasteiger charge is 2.51. The molecule has 0 unspecified atom stereocenters. The van der Waals surface area contributed by atoms with Crippen LogP contribution in [0.5, 0.6) is 0 Å². The van der Waals surface area contributed by atoms with E-state index in [-0.39, 0.29) is 0 Å². The van der Waals surface area contributed by atoms with Gasteiger partial charge in [-0.2, -0.15) is 13.2 Å². The lowest BCUT2D eigenvalue weighted by Crippen LogP contribution is -2.58. The number of hydrogen-bond acceptors (Lipinski definition) is 3. The SMILES string of the molecule is NC(N)(c1ccccn1)C(F)(F)F. The van der Waals surface area contributed by atoms with Crippen LogP contribution in [0.3, 0.4) is 0 Å². The van der Waals surface area contributed by atoms with E-state index in [0.717, 1.165) is 6.07 Å². The van der Waals surface area contributed by atoms with Gasteiger partial charge in [0.2, 0.25) is 5.66 Å². The van der Waals surface area contributed by atoms with Crippen LogP contribution in [0.1, 0.15) is 5.69 Å². The minimum absolute atomic E-state index is 0.400. The molecular weight excluding hydrogens is 183 g/mol. The third-order valence-electron chi connectivity index (χ3n) is 1.56. The summed E-state index contributed by atoms with van der Waals surface area (Å²) in [6.45, 7) is 0. The number of rotatable bonds is 1. The van der Waals surface area contributed by atoms with Crippen molar-refractivity contribution in [2.45, 2.75) is 11.8 Å². The van der Waals surface area contributed by atoms with Crippen LogP contribution < -0.4 is 11.5 Å². The van der Waals surface area contributed by atoms with Gasteiger partial charge >= 0.3 is 6.18 Å². The molecule has 0 bridgehead atoms. The Labute approximate surface area is 72.6 Å². The van der Waals surface area contributed by atoms with Gasteiger partial charge in [-0.25, -0.2) is 0 Å². The van der Waals surface area contributed by atoms with Gasteiger partial charge in [-0.05, 0) is 12.1 Å². The summed E-state index contributed by atoms with van der Waals surface area (Å²) in [5.74, 6) is 0. The van der Waals surface area contributed by atoms with Crippen LogP contribution in [-0.4, -0.2) is 11.2 Å². The first-order valence-corrected chi connectivity index (χ1v) is 3.41. The fraction of sp³-hybridized carbons (Fsp3) is 0.286. The molecule has 6 heteroatoms. The van der Waals surface area contributed by atoms with Crippen molar-refractivity contribution in [2.24, 2.45) is 11.5 Å². The Bertz CT molecular complexity index is 281. The van der Waals surface area contributed by atoms with Gasteiger partial charge in [-0.3, -0.25) is 4.98 Å². The Hall–Kier alpha value is -1.14. The number of halogens is 3. The summed E-state index contributed by atoms with van der Waals surface area (Å²) in [6, 6.07) is 4.01. The van der Waals surface area contributed by atoms with Gasteiger partial charge in [0.05, 0.1) is 5.69 Å². The molecule has 1 aromatic heterocycles. The maximum absolute atomic E-state index is 12.2. The second-order valence-corrected chi connectivity index (χ2v) is 2.58. The third kappa shape index (κ3) is 1.78. The summed E-state index contributed by atoms with van der Waals surface area (Å²) in [7, 11) is 0. The van der Waals surface area contributed by atoms with E-state index in [2.05, 4.69) is 4.98 Å². The zero-order chi connectivity index (χ0) is 10.1. The van der Waals surface area contributed by atoms with E-state index < -0.39 is 17.5 Å². The minimum Gasteiger partial charge on any atom is -0.301 e. The highest BCUT2D eigenvalue weighted by atomic mass is 19.4. The van der Waals surface area contributed by atoms with Gasteiger partial charge < -0.3 is 11.5 Å². The van der Waals surface area contributed by atoms with E-state index >= 15 is 0 Å². The van der Waals surface area contributed by atoms with Crippen LogP contribution in [0.15, 0.2) is 24.4 Å². The van der Waals surface area contributed by atoms with E-state index in [0.29, 0.717) is 0 Å². The van der Waals surface area contributed by atoms with E-state index in [4.69, 9.17) is 11.5 Å². The predicted octanol–water partition coefficient (Wildman–Crippen LogP) is 0.714. The second kappa shape index (κ2) is 2.97. The summed E-state index contributed by atoms with van der Waals surface area (Å²) < 4.78 is 36.7. The van der Waals surface area contributed by atoms with Crippen molar-refractivity contribution < 1.29 is 13.2 Å². The quantitative estimate of drug-likeness (QED) is 0.642. The molecule has 4 N–H and O–H groups in total. The molecule has 1 aromatic rings. The van der Waals surface area contributed by atoms with Crippen molar-refractivity contribution in [1.29, 1.82) is 0 Å². The third-order valence-corrected chi connectivity index (χ3v) is 1.56. The van der Waals surface area contributed by atoms with E-state index in [1.54, 1.807) is 0 Å². The normalized spacial score (nSPS) is 13.0. The lowest BCUT2D eigenvalue weighted by Gasteiger charge is -2.26. The fourth-order valence-corrected chi connectivity index (χ4v) is 0.753. The largest absolute Gasteiger partial charge is 0.425 e. The minimum atomic E-state index is -4.71. The van der Waals surface area contributed by atoms with Crippen molar-refractivity contribution >= 4 is 0 Å². The average Bonchev–Trinajstić information content (AvgIpc) is 2.04. The first kappa shape index (κ1) is 9.94. The number of nitrogens with zero attached hydrogens (tertiary/aromatic N) is 1. The van der Waals surface area contributed by atoms with E-state index in [1.807, 2.05) is 0 Å². The van der Waals surface area contributed by atoms with Crippen LogP contribution in [0.25, 0.3) is 0 Å². The molecule has 0 aliphatic carbocycles. The van der Waals surface area contributed by atoms with E-state index in [1.165, 1.54) is 18.3 Å². The molecule has 72 valence electrons. The van der Waals surface area contributed by atoms with Gasteiger partial charge in [0.25, 0.3) is 0 Å². The molecule has 0 atom stereocenters. The molecule has 1 heterocycles. The van der Waals surface area contributed by atoms with Crippen LogP contribution in [-0.2, 0) is 5.66 Å². The number of pyridine rings is 1. The molecule has 0 radical (unpaired) electrons. The molecule has 3 nitrogen and oxygen atoms in total. The Balaban J connectivity index is 3.08. The molecule has 0 aliphatic heterocycles. The van der Waals surface area contributed by atoms with Crippen LogP contribution in [0.4, 0.5) is 13.2 Å². The summed E-state index contributed by atoms with van der Waals surface area (Å²) in [4.78, 5) is 3.45. The number of alkyl halides is 3. The number of aromatic nitrogens is 1. The highest BCUT2D eigenvalue weighted by Crippen LogP contribution is 2.30. The molecule has 13 heavy (non-hydrogen) atoms. The van der Waals surface area contributed by atoms with Crippen molar-refractivity contribution in [2.75, 3.05) is 0 Å². The molecule has 0 fully saturated rings. The van der Waals surface area contributed by atoms with Gasteiger partial charge in [-0.1, -0.05) is 6.07 Å². The topological polar surface area (TPSA) is 64.9 Å². The highest BCUT2D eigenvalue weighted by molar-refractivity contribution is 5.15. The molecule has 0 spiro atoms. The fourth-order valence-electron chi connectivity index (χ4n) is 0.753. The van der Waals surface area contributed by atoms with Crippen molar-refractivity contribution in [1.82, 2.24) is 4.98 Å². The lowest BCUT2D eigenvalue weighted by molar-refractivity contribution is -0.189. The summed E-state index contributed by atoms with van der Waals surface area (Å²) in [5.41, 5.74) is 6.53. The van der Waals surface area contributed by atoms with Crippen molar-refractivity contribution in [3.63, 3.8) is 0 Å². The van der Waals surface area contributed by atoms with Gasteiger partial charge in [0.15, 0.2) is 0 Å². The Morgan fingerprint density at radius 3 is 2.15 bits per heavy atom. The molecule has 0 aromatic carbocycles. The molecule has 0 amide bonds. The lowest BCUT2D eigenvalue weighted by atomic mass is 10.1. The molecule has 0 saturated heterocycles. The summed E-state index contributed by atoms with van der Waals surface area (Å²) >= 11 is 0. The Morgan fingerprint density at radius 1 is 1.15 bits per heavy atom. The maximum atomic E-state index is 12.2. The number of nitrogens with two attached hydrogens (primary N) is 2. The zero-order valence-corrected chi connectivity index (χ0v) is 6.55. The van der Waals surface area contributed by atoms with E-state index in [9.17, 15) is 13.2 Å². The standard InChI is InChI=1S/C7H8F3N3/c8-7(9,10)6(11,12)5-3-1-2-4-13-5/h1-4H,11-12H2. The first-order valence-electron chi connectivity index (χ1n) is 3.41. The monoisotopic (exact) mass is 191 g/mol. The molecule has 0 saturated carbocycles. The Morgan fingerprint density at radius 2 is 1.77 bits per heavy atom. The molecule has 0 aliphatic rings.